The smallest absolute Gasteiger partial charge is 0.146 e. The van der Waals surface area contributed by atoms with Crippen molar-refractivity contribution in [3.8, 4) is 0 Å². The molecular weight excluding hydrogens is 252 g/mol. The minimum atomic E-state index is -1.25. The molecule has 0 aliphatic carbocycles. The Morgan fingerprint density at radius 2 is 1.35 bits per heavy atom. The van der Waals surface area contributed by atoms with Crippen LogP contribution in [0.4, 0.5) is 0 Å². The molecule has 0 aliphatic heterocycles. The van der Waals surface area contributed by atoms with Crippen molar-refractivity contribution in [2.45, 2.75) is 5.60 Å². The summed E-state index contributed by atoms with van der Waals surface area (Å²) in [6.07, 6.45) is 7.00. The van der Waals surface area contributed by atoms with Crippen LogP contribution in [0.2, 0.25) is 0 Å². The van der Waals surface area contributed by atoms with Gasteiger partial charge in [-0.3, -0.25) is 9.36 Å². The van der Waals surface area contributed by atoms with Crippen LogP contribution in [0.1, 0.15) is 16.7 Å². The lowest BCUT2D eigenvalue weighted by Gasteiger charge is -2.26. The molecule has 5 nitrogen and oxygen atoms in total. The lowest BCUT2D eigenvalue weighted by Crippen LogP contribution is -2.28. The predicted molar refractivity (Wildman–Crippen MR) is 75.0 cm³/mol. The first kappa shape index (κ1) is 12.6. The van der Waals surface area contributed by atoms with Gasteiger partial charge < -0.3 is 5.11 Å². The van der Waals surface area contributed by atoms with Crippen LogP contribution >= 0.6 is 0 Å². The molecule has 0 atom stereocenters. The van der Waals surface area contributed by atoms with Crippen molar-refractivity contribution in [1.82, 2.24) is 19.6 Å². The van der Waals surface area contributed by atoms with Crippen molar-refractivity contribution in [3.05, 3.63) is 71.8 Å². The second kappa shape index (κ2) is 4.61. The van der Waals surface area contributed by atoms with Crippen LogP contribution in [0.15, 0.2) is 55.1 Å². The summed E-state index contributed by atoms with van der Waals surface area (Å²) in [6.45, 7) is 0. The van der Waals surface area contributed by atoms with Crippen LogP contribution in [0.5, 0.6) is 0 Å². The SMILES string of the molecule is Cn1cc(C(O)(c2ccccc2)c2cnn(C)c2)cn1. The van der Waals surface area contributed by atoms with E-state index in [2.05, 4.69) is 10.2 Å². The molecule has 20 heavy (non-hydrogen) atoms. The van der Waals surface area contributed by atoms with E-state index in [4.69, 9.17) is 0 Å². The van der Waals surface area contributed by atoms with Crippen LogP contribution in [0.25, 0.3) is 0 Å². The first-order chi connectivity index (χ1) is 9.60. The van der Waals surface area contributed by atoms with Crippen LogP contribution in [0.3, 0.4) is 0 Å². The van der Waals surface area contributed by atoms with Gasteiger partial charge in [0, 0.05) is 37.6 Å². The topological polar surface area (TPSA) is 55.9 Å². The number of aryl methyl sites for hydroxylation is 2. The van der Waals surface area contributed by atoms with Gasteiger partial charge in [0.2, 0.25) is 0 Å². The number of hydrogen-bond acceptors (Lipinski definition) is 3. The maximum Gasteiger partial charge on any atom is 0.146 e. The third-order valence-corrected chi connectivity index (χ3v) is 3.44. The molecular formula is C15H16N4O. The van der Waals surface area contributed by atoms with E-state index >= 15 is 0 Å². The Morgan fingerprint density at radius 3 is 1.75 bits per heavy atom. The number of nitrogens with zero attached hydrogens (tertiary/aromatic N) is 4. The summed E-state index contributed by atoms with van der Waals surface area (Å²) in [5.74, 6) is 0. The van der Waals surface area contributed by atoms with Gasteiger partial charge in [0.05, 0.1) is 12.4 Å². The Kier molecular flexibility index (Phi) is 2.91. The summed E-state index contributed by atoms with van der Waals surface area (Å²) < 4.78 is 3.36. The molecule has 3 aromatic rings. The minimum absolute atomic E-state index is 0.721. The molecule has 0 saturated carbocycles. The maximum absolute atomic E-state index is 11.3. The Bertz CT molecular complexity index is 674. The second-order valence-corrected chi connectivity index (χ2v) is 4.88. The molecule has 5 heteroatoms. The normalized spacial score (nSPS) is 11.8. The molecule has 0 radical (unpaired) electrons. The molecule has 0 fully saturated rings. The quantitative estimate of drug-likeness (QED) is 0.782. The lowest BCUT2D eigenvalue weighted by atomic mass is 9.83. The zero-order valence-corrected chi connectivity index (χ0v) is 11.4. The van der Waals surface area contributed by atoms with Crippen molar-refractivity contribution in [1.29, 1.82) is 0 Å². The highest BCUT2D eigenvalue weighted by molar-refractivity contribution is 5.44. The predicted octanol–water partition coefficient (Wildman–Crippen LogP) is 1.44. The highest BCUT2D eigenvalue weighted by Gasteiger charge is 2.36. The number of aromatic nitrogens is 4. The fourth-order valence-corrected chi connectivity index (χ4v) is 2.40. The molecule has 0 unspecified atom stereocenters. The summed E-state index contributed by atoms with van der Waals surface area (Å²) in [5.41, 5.74) is 0.989. The third-order valence-electron chi connectivity index (χ3n) is 3.44. The second-order valence-electron chi connectivity index (χ2n) is 4.88. The van der Waals surface area contributed by atoms with Gasteiger partial charge >= 0.3 is 0 Å². The van der Waals surface area contributed by atoms with Crippen molar-refractivity contribution in [3.63, 3.8) is 0 Å². The minimum Gasteiger partial charge on any atom is -0.376 e. The van der Waals surface area contributed by atoms with Gasteiger partial charge in [-0.15, -0.1) is 0 Å². The fraction of sp³-hybridized carbons (Fsp3) is 0.200. The number of benzene rings is 1. The van der Waals surface area contributed by atoms with Gasteiger partial charge in [0.25, 0.3) is 0 Å². The van der Waals surface area contributed by atoms with Crippen LogP contribution < -0.4 is 0 Å². The Balaban J connectivity index is 2.22. The summed E-state index contributed by atoms with van der Waals surface area (Å²) in [4.78, 5) is 0. The Labute approximate surface area is 117 Å². The van der Waals surface area contributed by atoms with E-state index < -0.39 is 5.60 Å². The average molecular weight is 268 g/mol. The summed E-state index contributed by atoms with van der Waals surface area (Å²) in [6, 6.07) is 9.55. The largest absolute Gasteiger partial charge is 0.376 e. The van der Waals surface area contributed by atoms with Crippen molar-refractivity contribution in [2.75, 3.05) is 0 Å². The number of aliphatic hydroxyl groups is 1. The number of hydrogen-bond donors (Lipinski definition) is 1. The molecule has 1 N–H and O–H groups in total. The summed E-state index contributed by atoms with van der Waals surface area (Å²) in [5, 5.41) is 19.7. The molecule has 2 aromatic heterocycles. The molecule has 0 saturated heterocycles. The van der Waals surface area contributed by atoms with Gasteiger partial charge in [0.1, 0.15) is 5.60 Å². The van der Waals surface area contributed by atoms with Crippen LogP contribution in [-0.4, -0.2) is 24.7 Å². The molecule has 2 heterocycles. The average Bonchev–Trinajstić information content (AvgIpc) is 3.08. The van der Waals surface area contributed by atoms with E-state index in [1.54, 1.807) is 21.8 Å². The summed E-state index contributed by atoms with van der Waals surface area (Å²) >= 11 is 0. The standard InChI is InChI=1S/C15H16N4O/c1-18-10-13(8-16-18)15(20,12-6-4-3-5-7-12)14-9-17-19(2)11-14/h3-11,20H,1-2H3. The third kappa shape index (κ3) is 1.92. The summed E-state index contributed by atoms with van der Waals surface area (Å²) in [7, 11) is 3.66. The molecule has 0 aliphatic rings. The zero-order chi connectivity index (χ0) is 14.2. The fourth-order valence-electron chi connectivity index (χ4n) is 2.40. The van der Waals surface area contributed by atoms with E-state index in [0.717, 1.165) is 16.7 Å². The van der Waals surface area contributed by atoms with E-state index in [9.17, 15) is 5.11 Å². The van der Waals surface area contributed by atoms with E-state index in [1.807, 2.05) is 56.8 Å². The number of rotatable bonds is 3. The highest BCUT2D eigenvalue weighted by Crippen LogP contribution is 2.35. The first-order valence-corrected chi connectivity index (χ1v) is 6.37. The van der Waals surface area contributed by atoms with Crippen molar-refractivity contribution in [2.24, 2.45) is 14.1 Å². The van der Waals surface area contributed by atoms with Gasteiger partial charge in [-0.05, 0) is 5.56 Å². The van der Waals surface area contributed by atoms with Gasteiger partial charge in [-0.2, -0.15) is 10.2 Å². The lowest BCUT2D eigenvalue weighted by molar-refractivity contribution is 0.125. The van der Waals surface area contributed by atoms with Gasteiger partial charge in [0.15, 0.2) is 0 Å². The first-order valence-electron chi connectivity index (χ1n) is 6.37. The molecule has 0 amide bonds. The van der Waals surface area contributed by atoms with E-state index in [-0.39, 0.29) is 0 Å². The Hall–Kier alpha value is -2.40. The van der Waals surface area contributed by atoms with E-state index in [0.29, 0.717) is 0 Å². The zero-order valence-electron chi connectivity index (χ0n) is 11.4. The van der Waals surface area contributed by atoms with E-state index in [1.165, 1.54) is 0 Å². The van der Waals surface area contributed by atoms with Crippen LogP contribution in [-0.2, 0) is 19.7 Å². The highest BCUT2D eigenvalue weighted by atomic mass is 16.3. The molecule has 0 bridgehead atoms. The van der Waals surface area contributed by atoms with Gasteiger partial charge in [-0.1, -0.05) is 30.3 Å². The van der Waals surface area contributed by atoms with Crippen LogP contribution in [0, 0.1) is 0 Å². The molecule has 1 aromatic carbocycles. The molecule has 102 valence electrons. The Morgan fingerprint density at radius 1 is 0.850 bits per heavy atom. The molecule has 0 spiro atoms. The maximum atomic E-state index is 11.3. The van der Waals surface area contributed by atoms with Crippen molar-refractivity contribution < 1.29 is 5.11 Å². The van der Waals surface area contributed by atoms with Gasteiger partial charge in [-0.25, -0.2) is 0 Å². The molecule has 3 rings (SSSR count). The monoisotopic (exact) mass is 268 g/mol. The van der Waals surface area contributed by atoms with Crippen molar-refractivity contribution >= 4 is 0 Å².